The highest BCUT2D eigenvalue weighted by Crippen LogP contribution is 2.30. The molecule has 0 nitrogen and oxygen atoms in total. The summed E-state index contributed by atoms with van der Waals surface area (Å²) in [7, 11) is 0. The zero-order valence-corrected chi connectivity index (χ0v) is 16.3. The third-order valence-corrected chi connectivity index (χ3v) is 5.07. The first kappa shape index (κ1) is 21.0. The van der Waals surface area contributed by atoms with Crippen LogP contribution in [0.2, 0.25) is 0 Å². The number of rotatable bonds is 13. The van der Waals surface area contributed by atoms with E-state index in [1.165, 1.54) is 57.8 Å². The first-order valence-corrected chi connectivity index (χ1v) is 9.86. The molecule has 0 rings (SSSR count). The van der Waals surface area contributed by atoms with Crippen molar-refractivity contribution in [1.29, 1.82) is 0 Å². The van der Waals surface area contributed by atoms with Crippen LogP contribution in [0.1, 0.15) is 106 Å². The average Bonchev–Trinajstić information content (AvgIpc) is 2.38. The quantitative estimate of drug-likeness (QED) is 0.305. The van der Waals surface area contributed by atoms with E-state index in [1.807, 2.05) is 0 Å². The van der Waals surface area contributed by atoms with Gasteiger partial charge in [-0.25, -0.2) is 0 Å². The van der Waals surface area contributed by atoms with Crippen LogP contribution in [0.5, 0.6) is 0 Å². The van der Waals surface area contributed by atoms with Gasteiger partial charge in [-0.2, -0.15) is 0 Å². The highest BCUT2D eigenvalue weighted by atomic mass is 14.2. The third kappa shape index (κ3) is 12.2. The van der Waals surface area contributed by atoms with Crippen LogP contribution >= 0.6 is 0 Å². The van der Waals surface area contributed by atoms with Gasteiger partial charge in [0.25, 0.3) is 0 Å². The molecule has 0 aliphatic carbocycles. The van der Waals surface area contributed by atoms with Crippen LogP contribution in [0.4, 0.5) is 0 Å². The van der Waals surface area contributed by atoms with Crippen molar-refractivity contribution in [2.24, 2.45) is 29.6 Å². The summed E-state index contributed by atoms with van der Waals surface area (Å²) in [4.78, 5) is 0. The molecule has 2 unspecified atom stereocenters. The molecule has 0 aromatic heterocycles. The Morgan fingerprint density at radius 1 is 0.619 bits per heavy atom. The maximum Gasteiger partial charge on any atom is -0.0388 e. The van der Waals surface area contributed by atoms with Gasteiger partial charge in [0.1, 0.15) is 0 Å². The predicted octanol–water partition coefficient (Wildman–Crippen LogP) is 7.72. The van der Waals surface area contributed by atoms with Crippen molar-refractivity contribution in [2.45, 2.75) is 106 Å². The summed E-state index contributed by atoms with van der Waals surface area (Å²) in [5.74, 6) is 4.52. The van der Waals surface area contributed by atoms with E-state index in [0.717, 1.165) is 29.6 Å². The molecule has 0 spiro atoms. The van der Waals surface area contributed by atoms with Crippen molar-refractivity contribution in [3.05, 3.63) is 0 Å². The van der Waals surface area contributed by atoms with Gasteiger partial charge in [0.05, 0.1) is 0 Å². The predicted molar refractivity (Wildman–Crippen MR) is 98.7 cm³/mol. The van der Waals surface area contributed by atoms with Crippen LogP contribution in [-0.4, -0.2) is 0 Å². The Morgan fingerprint density at radius 3 is 1.62 bits per heavy atom. The van der Waals surface area contributed by atoms with E-state index in [2.05, 4.69) is 48.5 Å². The molecule has 2 atom stereocenters. The maximum absolute atomic E-state index is 2.44. The van der Waals surface area contributed by atoms with E-state index in [4.69, 9.17) is 0 Å². The second-order valence-electron chi connectivity index (χ2n) is 8.53. The summed E-state index contributed by atoms with van der Waals surface area (Å²) in [6.45, 7) is 16.7. The molecule has 0 saturated heterocycles. The molecule has 0 saturated carbocycles. The van der Waals surface area contributed by atoms with Gasteiger partial charge in [0.15, 0.2) is 0 Å². The smallest absolute Gasteiger partial charge is 0.0388 e. The zero-order valence-electron chi connectivity index (χ0n) is 16.3. The van der Waals surface area contributed by atoms with Gasteiger partial charge in [-0.05, 0) is 42.4 Å². The van der Waals surface area contributed by atoms with Crippen LogP contribution in [-0.2, 0) is 0 Å². The Bertz CT molecular complexity index is 214. The lowest BCUT2D eigenvalue weighted by atomic mass is 9.79. The largest absolute Gasteiger partial charge is 0.0651 e. The summed E-state index contributed by atoms with van der Waals surface area (Å²) >= 11 is 0. The fourth-order valence-corrected chi connectivity index (χ4v) is 3.56. The minimum Gasteiger partial charge on any atom is -0.0651 e. The molecular formula is C21H44. The van der Waals surface area contributed by atoms with E-state index in [-0.39, 0.29) is 0 Å². The minimum atomic E-state index is 0.860. The van der Waals surface area contributed by atoms with Crippen LogP contribution in [0.15, 0.2) is 0 Å². The van der Waals surface area contributed by atoms with Crippen molar-refractivity contribution in [1.82, 2.24) is 0 Å². The lowest BCUT2D eigenvalue weighted by molar-refractivity contribution is 0.246. The van der Waals surface area contributed by atoms with Crippen LogP contribution in [0, 0.1) is 29.6 Å². The maximum atomic E-state index is 2.44. The monoisotopic (exact) mass is 296 g/mol. The van der Waals surface area contributed by atoms with Crippen LogP contribution < -0.4 is 0 Å². The summed E-state index contributed by atoms with van der Waals surface area (Å²) < 4.78 is 0. The average molecular weight is 297 g/mol. The molecule has 0 N–H and O–H groups in total. The Balaban J connectivity index is 3.96. The van der Waals surface area contributed by atoms with Crippen molar-refractivity contribution in [2.75, 3.05) is 0 Å². The summed E-state index contributed by atoms with van der Waals surface area (Å²) in [6, 6.07) is 0. The highest BCUT2D eigenvalue weighted by Gasteiger charge is 2.19. The molecule has 0 fully saturated rings. The first-order valence-electron chi connectivity index (χ1n) is 9.86. The van der Waals surface area contributed by atoms with Gasteiger partial charge < -0.3 is 0 Å². The van der Waals surface area contributed by atoms with Gasteiger partial charge in [-0.15, -0.1) is 0 Å². The fourth-order valence-electron chi connectivity index (χ4n) is 3.56. The molecule has 0 aromatic rings. The van der Waals surface area contributed by atoms with Gasteiger partial charge in [0, 0.05) is 0 Å². The van der Waals surface area contributed by atoms with Gasteiger partial charge in [0.2, 0.25) is 0 Å². The SMILES string of the molecule is CCC(CC(C)C)CC(CCCCCCC(C)C)C(C)C. The van der Waals surface area contributed by atoms with Crippen molar-refractivity contribution < 1.29 is 0 Å². The Morgan fingerprint density at radius 2 is 1.19 bits per heavy atom. The lowest BCUT2D eigenvalue weighted by Crippen LogP contribution is -2.15. The number of hydrogen-bond donors (Lipinski definition) is 0. The fraction of sp³-hybridized carbons (Fsp3) is 1.00. The summed E-state index contributed by atoms with van der Waals surface area (Å²) in [6.07, 6.45) is 13.0. The van der Waals surface area contributed by atoms with Crippen molar-refractivity contribution in [3.63, 3.8) is 0 Å². The molecular weight excluding hydrogens is 252 g/mol. The van der Waals surface area contributed by atoms with Gasteiger partial charge in [-0.3, -0.25) is 0 Å². The number of unbranched alkanes of at least 4 members (excludes halogenated alkanes) is 3. The lowest BCUT2D eigenvalue weighted by Gasteiger charge is -2.27. The molecule has 0 heterocycles. The van der Waals surface area contributed by atoms with Gasteiger partial charge in [-0.1, -0.05) is 93.4 Å². The topological polar surface area (TPSA) is 0 Å². The zero-order chi connectivity index (χ0) is 16.3. The molecule has 128 valence electrons. The minimum absolute atomic E-state index is 0.860. The molecule has 0 aliphatic heterocycles. The van der Waals surface area contributed by atoms with E-state index in [1.54, 1.807) is 0 Å². The Labute approximate surface area is 136 Å². The Kier molecular flexibility index (Phi) is 12.5. The second kappa shape index (κ2) is 12.5. The molecule has 0 radical (unpaired) electrons. The molecule has 0 heteroatoms. The molecule has 21 heavy (non-hydrogen) atoms. The highest BCUT2D eigenvalue weighted by molar-refractivity contribution is 4.70. The number of hydrogen-bond acceptors (Lipinski definition) is 0. The first-order chi connectivity index (χ1) is 9.86. The van der Waals surface area contributed by atoms with E-state index in [9.17, 15) is 0 Å². The van der Waals surface area contributed by atoms with E-state index in [0.29, 0.717) is 0 Å². The normalized spacial score (nSPS) is 15.1. The molecule has 0 aromatic carbocycles. The standard InChI is InChI=1S/C21H44/c1-8-20(15-18(4)5)16-21(19(6)7)14-12-10-9-11-13-17(2)3/h17-21H,8-16H2,1-7H3. The van der Waals surface area contributed by atoms with Crippen LogP contribution in [0.3, 0.4) is 0 Å². The summed E-state index contributed by atoms with van der Waals surface area (Å²) in [5.41, 5.74) is 0. The summed E-state index contributed by atoms with van der Waals surface area (Å²) in [5, 5.41) is 0. The molecule has 0 bridgehead atoms. The van der Waals surface area contributed by atoms with Crippen molar-refractivity contribution >= 4 is 0 Å². The molecule has 0 amide bonds. The van der Waals surface area contributed by atoms with Gasteiger partial charge >= 0.3 is 0 Å². The van der Waals surface area contributed by atoms with E-state index < -0.39 is 0 Å². The van der Waals surface area contributed by atoms with E-state index >= 15 is 0 Å². The second-order valence-corrected chi connectivity index (χ2v) is 8.53. The van der Waals surface area contributed by atoms with Crippen molar-refractivity contribution in [3.8, 4) is 0 Å². The third-order valence-electron chi connectivity index (χ3n) is 5.07. The van der Waals surface area contributed by atoms with Crippen LogP contribution in [0.25, 0.3) is 0 Å². The molecule has 0 aliphatic rings. The Hall–Kier alpha value is 0.